The molecule has 5 N–H and O–H groups in total. The van der Waals surface area contributed by atoms with Gasteiger partial charge >= 0.3 is 0 Å². The summed E-state index contributed by atoms with van der Waals surface area (Å²) in [6, 6.07) is 91.8. The molecule has 322 valence electrons. The summed E-state index contributed by atoms with van der Waals surface area (Å²) in [5.41, 5.74) is 31.5. The van der Waals surface area contributed by atoms with Gasteiger partial charge in [-0.3, -0.25) is 0 Å². The molecule has 67 heavy (non-hydrogen) atoms. The first-order chi connectivity index (χ1) is 33.1. The Kier molecular flexibility index (Phi) is 10.7. The maximum atomic E-state index is 7.27. The summed E-state index contributed by atoms with van der Waals surface area (Å²) in [6.45, 7) is 0. The largest absolute Gasteiger partial charge is 0.360 e. The van der Waals surface area contributed by atoms with Crippen molar-refractivity contribution in [2.24, 2.45) is 11.5 Å². The summed E-state index contributed by atoms with van der Waals surface area (Å²) in [5.74, 6) is 0. The van der Waals surface area contributed by atoms with Crippen LogP contribution in [0.25, 0.3) is 44.5 Å². The normalized spacial score (nSPS) is 12.8. The summed E-state index contributed by atoms with van der Waals surface area (Å²) in [7, 11) is 1.50. The van der Waals surface area contributed by atoms with Crippen LogP contribution in [0.2, 0.25) is 0 Å². The number of benzene rings is 10. The molecule has 0 bridgehead atoms. The number of rotatable bonds is 8. The van der Waals surface area contributed by atoms with Gasteiger partial charge in [0.15, 0.2) is 0 Å². The average Bonchev–Trinajstić information content (AvgIpc) is 3.70. The van der Waals surface area contributed by atoms with E-state index in [0.29, 0.717) is 0 Å². The predicted molar refractivity (Wildman–Crippen MR) is 280 cm³/mol. The highest BCUT2D eigenvalue weighted by atomic mass is 15.2. The zero-order valence-electron chi connectivity index (χ0n) is 37.4. The maximum absolute atomic E-state index is 7.27. The van der Waals surface area contributed by atoms with Crippen molar-refractivity contribution in [2.75, 3.05) is 17.3 Å². The maximum Gasteiger partial charge on any atom is 0.139 e. The Hall–Kier alpha value is -8.28. The van der Waals surface area contributed by atoms with Crippen LogP contribution in [-0.4, -0.2) is 7.05 Å². The van der Waals surface area contributed by atoms with Gasteiger partial charge in [0.1, 0.15) is 5.66 Å². The van der Waals surface area contributed by atoms with Crippen LogP contribution in [0.1, 0.15) is 33.4 Å². The van der Waals surface area contributed by atoms with Gasteiger partial charge in [0, 0.05) is 11.4 Å². The topological polar surface area (TPSA) is 67.3 Å². The van der Waals surface area contributed by atoms with Gasteiger partial charge in [-0.2, -0.15) is 0 Å². The highest BCUT2D eigenvalue weighted by Crippen LogP contribution is 2.63. The summed E-state index contributed by atoms with van der Waals surface area (Å²) in [5, 5.41) is 3.71. The number of para-hydroxylation sites is 3. The van der Waals surface area contributed by atoms with E-state index in [1.807, 2.05) is 36.4 Å². The molecule has 1 heterocycles. The summed E-state index contributed by atoms with van der Waals surface area (Å²) >= 11 is 0. The van der Waals surface area contributed by atoms with Crippen molar-refractivity contribution < 1.29 is 0 Å². The first-order valence-corrected chi connectivity index (χ1v) is 23.0. The zero-order valence-corrected chi connectivity index (χ0v) is 37.4. The van der Waals surface area contributed by atoms with Gasteiger partial charge in [-0.25, -0.2) is 0 Å². The molecule has 0 atom stereocenters. The molecule has 0 saturated carbocycles. The Morgan fingerprint density at radius 3 is 1.33 bits per heavy atom. The van der Waals surface area contributed by atoms with Crippen molar-refractivity contribution in [3.8, 4) is 44.5 Å². The van der Waals surface area contributed by atoms with Crippen LogP contribution in [0.3, 0.4) is 0 Å². The highest BCUT2D eigenvalue weighted by Gasteiger charge is 2.51. The van der Waals surface area contributed by atoms with Crippen LogP contribution in [0, 0.1) is 0 Å². The van der Waals surface area contributed by atoms with Crippen molar-refractivity contribution in [3.05, 3.63) is 288 Å². The second kappa shape index (κ2) is 17.3. The third-order valence-corrected chi connectivity index (χ3v) is 13.5. The molecule has 2 aliphatic rings. The van der Waals surface area contributed by atoms with E-state index < -0.39 is 11.1 Å². The van der Waals surface area contributed by atoms with Crippen LogP contribution in [0.15, 0.2) is 255 Å². The van der Waals surface area contributed by atoms with Gasteiger partial charge in [-0.05, 0) is 140 Å². The van der Waals surface area contributed by atoms with Crippen molar-refractivity contribution in [1.29, 1.82) is 0 Å². The molecule has 0 unspecified atom stereocenters. The number of nitrogens with one attached hydrogen (secondary N) is 1. The number of fused-ring (bicyclic) bond motifs is 9. The van der Waals surface area contributed by atoms with E-state index in [1.54, 1.807) is 0 Å². The Bertz CT molecular complexity index is 3290. The van der Waals surface area contributed by atoms with Crippen molar-refractivity contribution in [3.63, 3.8) is 0 Å². The minimum Gasteiger partial charge on any atom is -0.360 e. The SMILES string of the molecule is CN.NC(Nc1cccc(-c2cccc(-c3cccc(-c4ccc5c(c4)C4(c6ccccc6-5)c5ccccc5N(c5ccccc5)c5ccccc54)c3)c2)c1)(c1ccccc1)c1ccccc1. The molecule has 0 amide bonds. The van der Waals surface area contributed by atoms with Gasteiger partial charge < -0.3 is 21.7 Å². The molecule has 4 nitrogen and oxygen atoms in total. The molecule has 1 aliphatic heterocycles. The molecule has 0 fully saturated rings. The quantitative estimate of drug-likeness (QED) is 0.133. The second-order valence-corrected chi connectivity index (χ2v) is 17.2. The Morgan fingerprint density at radius 2 is 0.776 bits per heavy atom. The Balaban J connectivity index is 0.00000244. The van der Waals surface area contributed by atoms with Crippen LogP contribution in [-0.2, 0) is 11.1 Å². The third-order valence-electron chi connectivity index (χ3n) is 13.5. The summed E-state index contributed by atoms with van der Waals surface area (Å²) in [4.78, 5) is 2.44. The fraction of sp³-hybridized carbons (Fsp3) is 0.0476. The molecule has 4 heteroatoms. The van der Waals surface area contributed by atoms with Crippen molar-refractivity contribution in [1.82, 2.24) is 0 Å². The Labute approximate surface area is 393 Å². The number of hydrogen-bond acceptors (Lipinski definition) is 4. The monoisotopic (exact) mass is 862 g/mol. The molecule has 1 aliphatic carbocycles. The van der Waals surface area contributed by atoms with E-state index in [9.17, 15) is 0 Å². The van der Waals surface area contributed by atoms with Gasteiger partial charge in [0.05, 0.1) is 16.8 Å². The molecule has 1 spiro atoms. The van der Waals surface area contributed by atoms with Crippen LogP contribution >= 0.6 is 0 Å². The third kappa shape index (κ3) is 6.94. The van der Waals surface area contributed by atoms with E-state index in [-0.39, 0.29) is 0 Å². The van der Waals surface area contributed by atoms with E-state index >= 15 is 0 Å². The van der Waals surface area contributed by atoms with E-state index in [1.165, 1.54) is 62.9 Å². The second-order valence-electron chi connectivity index (χ2n) is 17.2. The van der Waals surface area contributed by atoms with E-state index in [0.717, 1.165) is 44.8 Å². The summed E-state index contributed by atoms with van der Waals surface area (Å²) < 4.78 is 0. The molecule has 0 saturated heterocycles. The highest BCUT2D eigenvalue weighted by molar-refractivity contribution is 5.96. The number of hydrogen-bond donors (Lipinski definition) is 3. The van der Waals surface area contributed by atoms with Crippen LogP contribution in [0.5, 0.6) is 0 Å². The fourth-order valence-electron chi connectivity index (χ4n) is 10.6. The van der Waals surface area contributed by atoms with E-state index in [4.69, 9.17) is 5.73 Å². The fourth-order valence-corrected chi connectivity index (χ4v) is 10.6. The smallest absolute Gasteiger partial charge is 0.139 e. The lowest BCUT2D eigenvalue weighted by Gasteiger charge is -2.45. The predicted octanol–water partition coefficient (Wildman–Crippen LogP) is 14.7. The molecular weight excluding hydrogens is 813 g/mol. The van der Waals surface area contributed by atoms with Gasteiger partial charge in [0.25, 0.3) is 0 Å². The molecular formula is C63H50N4. The minimum absolute atomic E-state index is 0.512. The lowest BCUT2D eigenvalue weighted by Crippen LogP contribution is -2.45. The van der Waals surface area contributed by atoms with Crippen molar-refractivity contribution in [2.45, 2.75) is 11.1 Å². The summed E-state index contributed by atoms with van der Waals surface area (Å²) in [6.07, 6.45) is 0. The van der Waals surface area contributed by atoms with Crippen LogP contribution in [0.4, 0.5) is 22.7 Å². The first-order valence-electron chi connectivity index (χ1n) is 23.0. The van der Waals surface area contributed by atoms with Crippen molar-refractivity contribution >= 4 is 22.7 Å². The van der Waals surface area contributed by atoms with Gasteiger partial charge in [-0.1, -0.05) is 200 Å². The van der Waals surface area contributed by atoms with E-state index in [2.05, 4.69) is 234 Å². The lowest BCUT2D eigenvalue weighted by atomic mass is 9.64. The van der Waals surface area contributed by atoms with Gasteiger partial charge in [0.2, 0.25) is 0 Å². The zero-order chi connectivity index (χ0) is 45.4. The number of nitrogens with zero attached hydrogens (tertiary/aromatic N) is 1. The molecule has 0 aromatic heterocycles. The molecule has 0 radical (unpaired) electrons. The molecule has 12 rings (SSSR count). The standard InChI is InChI=1S/C62H45N3.CH5N/c63-62(49-24-4-1-5-25-49,50-26-6-2-7-27-50)64-51-28-18-23-47(41-51)45-21-16-19-43(39-45)44-20-17-22-46(40-44)48-37-38-54-53-31-10-11-32-55(53)61(58(54)42-48)56-33-12-14-35-59(56)65(52-29-8-3-9-30-52)60-36-15-13-34-57(60)61;1-2/h1-42,64H,63H2;2H2,1H3. The lowest BCUT2D eigenvalue weighted by molar-refractivity contribution is 0.622. The molecule has 10 aromatic carbocycles. The minimum atomic E-state index is -0.921. The Morgan fingerprint density at radius 1 is 0.358 bits per heavy atom. The van der Waals surface area contributed by atoms with Gasteiger partial charge in [-0.15, -0.1) is 0 Å². The molecule has 10 aromatic rings. The number of nitrogens with two attached hydrogens (primary N) is 2. The first kappa shape index (κ1) is 41.4. The number of anilines is 4. The van der Waals surface area contributed by atoms with Crippen LogP contribution < -0.4 is 21.7 Å². The average molecular weight is 863 g/mol.